The molecule has 1 aliphatic heterocycles. The van der Waals surface area contributed by atoms with Gasteiger partial charge in [-0.2, -0.15) is 0 Å². The SMILES string of the molecule is Cc1nccn1-c1cc(NC(=O)C2CC(=O)N(c3ccc(F)cc3)C2)ncn1. The molecule has 1 aromatic carbocycles. The van der Waals surface area contributed by atoms with Gasteiger partial charge in [-0.05, 0) is 31.2 Å². The van der Waals surface area contributed by atoms with Gasteiger partial charge in [0.15, 0.2) is 0 Å². The van der Waals surface area contributed by atoms with E-state index >= 15 is 0 Å². The molecule has 8 nitrogen and oxygen atoms in total. The van der Waals surface area contributed by atoms with E-state index in [0.29, 0.717) is 17.3 Å². The Bertz CT molecular complexity index is 1030. The van der Waals surface area contributed by atoms with Crippen LogP contribution in [-0.4, -0.2) is 37.9 Å². The van der Waals surface area contributed by atoms with Crippen molar-refractivity contribution in [1.82, 2.24) is 19.5 Å². The summed E-state index contributed by atoms with van der Waals surface area (Å²) >= 11 is 0. The van der Waals surface area contributed by atoms with Crippen molar-refractivity contribution < 1.29 is 14.0 Å². The average molecular weight is 380 g/mol. The fraction of sp³-hybridized carbons (Fsp3) is 0.211. The van der Waals surface area contributed by atoms with Crippen molar-refractivity contribution in [3.05, 3.63) is 60.7 Å². The summed E-state index contributed by atoms with van der Waals surface area (Å²) in [7, 11) is 0. The highest BCUT2D eigenvalue weighted by molar-refractivity contribution is 6.03. The molecule has 0 bridgehead atoms. The van der Waals surface area contributed by atoms with E-state index in [-0.39, 0.29) is 30.6 Å². The van der Waals surface area contributed by atoms with Crippen LogP contribution >= 0.6 is 0 Å². The third kappa shape index (κ3) is 3.46. The fourth-order valence-electron chi connectivity index (χ4n) is 3.15. The summed E-state index contributed by atoms with van der Waals surface area (Å²) in [6, 6.07) is 7.27. The van der Waals surface area contributed by atoms with Gasteiger partial charge >= 0.3 is 0 Å². The number of aryl methyl sites for hydroxylation is 1. The Labute approximate surface area is 160 Å². The van der Waals surface area contributed by atoms with Crippen LogP contribution in [0.5, 0.6) is 0 Å². The average Bonchev–Trinajstić information content (AvgIpc) is 3.28. The molecule has 1 N–H and O–H groups in total. The number of hydrogen-bond donors (Lipinski definition) is 1. The first-order chi connectivity index (χ1) is 13.5. The second-order valence-electron chi connectivity index (χ2n) is 6.48. The molecule has 4 rings (SSSR count). The molecule has 142 valence electrons. The molecule has 1 saturated heterocycles. The standard InChI is InChI=1S/C19H17FN6O2/c1-12-21-6-7-25(12)17-9-16(22-11-23-17)24-19(28)13-8-18(27)26(10-13)15-4-2-14(20)3-5-15/h2-7,9,11,13H,8,10H2,1H3,(H,22,23,24,28). The fourth-order valence-corrected chi connectivity index (χ4v) is 3.15. The maximum Gasteiger partial charge on any atom is 0.230 e. The Morgan fingerprint density at radius 1 is 1.21 bits per heavy atom. The zero-order valence-electron chi connectivity index (χ0n) is 15.0. The molecule has 3 aromatic rings. The molecule has 28 heavy (non-hydrogen) atoms. The first-order valence-corrected chi connectivity index (χ1v) is 8.70. The van der Waals surface area contributed by atoms with E-state index in [1.165, 1.54) is 35.5 Å². The van der Waals surface area contributed by atoms with E-state index in [9.17, 15) is 14.0 Å². The number of hydrogen-bond acceptors (Lipinski definition) is 5. The van der Waals surface area contributed by atoms with Crippen LogP contribution in [0.3, 0.4) is 0 Å². The largest absolute Gasteiger partial charge is 0.312 e. The van der Waals surface area contributed by atoms with Gasteiger partial charge in [0.1, 0.15) is 29.6 Å². The zero-order chi connectivity index (χ0) is 19.7. The lowest BCUT2D eigenvalue weighted by Crippen LogP contribution is -2.28. The Hall–Kier alpha value is -3.62. The molecule has 1 aliphatic rings. The Balaban J connectivity index is 1.47. The minimum absolute atomic E-state index is 0.0851. The van der Waals surface area contributed by atoms with Gasteiger partial charge < -0.3 is 10.2 Å². The van der Waals surface area contributed by atoms with Gasteiger partial charge in [-0.25, -0.2) is 19.3 Å². The number of carbonyl (C=O) groups is 2. The normalized spacial score (nSPS) is 16.4. The molecule has 0 spiro atoms. The number of rotatable bonds is 4. The van der Waals surface area contributed by atoms with Crippen LogP contribution in [0.2, 0.25) is 0 Å². The first kappa shape index (κ1) is 17.8. The van der Waals surface area contributed by atoms with Crippen LogP contribution < -0.4 is 10.2 Å². The number of aromatic nitrogens is 4. The highest BCUT2D eigenvalue weighted by Crippen LogP contribution is 2.26. The second-order valence-corrected chi connectivity index (χ2v) is 6.48. The van der Waals surface area contributed by atoms with Crippen molar-refractivity contribution >= 4 is 23.3 Å². The lowest BCUT2D eigenvalue weighted by Gasteiger charge is -2.16. The molecule has 0 radical (unpaired) electrons. The molecule has 1 unspecified atom stereocenters. The van der Waals surface area contributed by atoms with E-state index < -0.39 is 5.92 Å². The number of nitrogens with zero attached hydrogens (tertiary/aromatic N) is 5. The number of amides is 2. The first-order valence-electron chi connectivity index (χ1n) is 8.70. The molecule has 0 aliphatic carbocycles. The van der Waals surface area contributed by atoms with Gasteiger partial charge in [0, 0.05) is 37.1 Å². The molecule has 1 atom stereocenters. The van der Waals surface area contributed by atoms with Crippen molar-refractivity contribution in [2.75, 3.05) is 16.8 Å². The summed E-state index contributed by atoms with van der Waals surface area (Å²) in [6.07, 6.45) is 4.86. The number of anilines is 2. The van der Waals surface area contributed by atoms with Gasteiger partial charge in [-0.15, -0.1) is 0 Å². The van der Waals surface area contributed by atoms with Gasteiger partial charge in [-0.1, -0.05) is 0 Å². The highest BCUT2D eigenvalue weighted by Gasteiger charge is 2.35. The topological polar surface area (TPSA) is 93.0 Å². The molecule has 0 saturated carbocycles. The molecule has 3 heterocycles. The molecule has 1 fully saturated rings. The zero-order valence-corrected chi connectivity index (χ0v) is 15.0. The van der Waals surface area contributed by atoms with E-state index in [0.717, 1.165) is 5.82 Å². The van der Waals surface area contributed by atoms with Crippen molar-refractivity contribution in [3.8, 4) is 5.82 Å². The van der Waals surface area contributed by atoms with Gasteiger partial charge in [0.05, 0.1) is 5.92 Å². The van der Waals surface area contributed by atoms with Crippen LogP contribution in [0, 0.1) is 18.7 Å². The maximum atomic E-state index is 13.1. The van der Waals surface area contributed by atoms with Crippen LogP contribution in [0.4, 0.5) is 15.9 Å². The van der Waals surface area contributed by atoms with Gasteiger partial charge in [-0.3, -0.25) is 14.2 Å². The molecule has 2 amide bonds. The second kappa shape index (κ2) is 7.18. The number of benzene rings is 1. The van der Waals surface area contributed by atoms with Gasteiger partial charge in [0.2, 0.25) is 11.8 Å². The smallest absolute Gasteiger partial charge is 0.230 e. The summed E-state index contributed by atoms with van der Waals surface area (Å²) in [5.41, 5.74) is 0.571. The summed E-state index contributed by atoms with van der Waals surface area (Å²) in [4.78, 5) is 38.8. The maximum absolute atomic E-state index is 13.1. The summed E-state index contributed by atoms with van der Waals surface area (Å²) in [5.74, 6) is 0.302. The number of imidazole rings is 1. The molecule has 2 aromatic heterocycles. The lowest BCUT2D eigenvalue weighted by atomic mass is 10.1. The highest BCUT2D eigenvalue weighted by atomic mass is 19.1. The van der Waals surface area contributed by atoms with Crippen LogP contribution in [0.25, 0.3) is 5.82 Å². The summed E-state index contributed by atoms with van der Waals surface area (Å²) in [5, 5.41) is 2.74. The van der Waals surface area contributed by atoms with Gasteiger partial charge in [0.25, 0.3) is 0 Å². The van der Waals surface area contributed by atoms with Crippen LogP contribution in [0.15, 0.2) is 49.1 Å². The van der Waals surface area contributed by atoms with Crippen molar-refractivity contribution in [3.63, 3.8) is 0 Å². The predicted octanol–water partition coefficient (Wildman–Crippen LogP) is 2.10. The molecular weight excluding hydrogens is 363 g/mol. The minimum Gasteiger partial charge on any atom is -0.312 e. The third-order valence-electron chi connectivity index (χ3n) is 4.61. The molecule has 9 heteroatoms. The quantitative estimate of drug-likeness (QED) is 0.748. The van der Waals surface area contributed by atoms with E-state index in [4.69, 9.17) is 0 Å². The van der Waals surface area contributed by atoms with E-state index in [1.54, 1.807) is 23.0 Å². The number of carbonyl (C=O) groups excluding carboxylic acids is 2. The van der Waals surface area contributed by atoms with Crippen LogP contribution in [0.1, 0.15) is 12.2 Å². The predicted molar refractivity (Wildman–Crippen MR) is 99.4 cm³/mol. The lowest BCUT2D eigenvalue weighted by molar-refractivity contribution is -0.122. The Kier molecular flexibility index (Phi) is 4.56. The Morgan fingerprint density at radius 3 is 2.71 bits per heavy atom. The Morgan fingerprint density at radius 2 is 2.00 bits per heavy atom. The van der Waals surface area contributed by atoms with E-state index in [2.05, 4.69) is 20.3 Å². The third-order valence-corrected chi connectivity index (χ3v) is 4.61. The molecular formula is C19H17FN6O2. The van der Waals surface area contributed by atoms with Crippen LogP contribution in [-0.2, 0) is 9.59 Å². The summed E-state index contributed by atoms with van der Waals surface area (Å²) in [6.45, 7) is 2.07. The van der Waals surface area contributed by atoms with Crippen molar-refractivity contribution in [1.29, 1.82) is 0 Å². The summed E-state index contributed by atoms with van der Waals surface area (Å²) < 4.78 is 14.9. The van der Waals surface area contributed by atoms with E-state index in [1.807, 2.05) is 6.92 Å². The van der Waals surface area contributed by atoms with Crippen molar-refractivity contribution in [2.24, 2.45) is 5.92 Å². The number of halogens is 1. The minimum atomic E-state index is -0.522. The van der Waals surface area contributed by atoms with Crippen molar-refractivity contribution in [2.45, 2.75) is 13.3 Å². The monoisotopic (exact) mass is 380 g/mol. The number of nitrogens with one attached hydrogen (secondary N) is 1.